The molecule has 6 nitrogen and oxygen atoms in total. The zero-order chi connectivity index (χ0) is 13.5. The van der Waals surface area contributed by atoms with Crippen molar-refractivity contribution in [3.05, 3.63) is 0 Å². The predicted octanol–water partition coefficient (Wildman–Crippen LogP) is -0.218. The molecule has 0 aromatic carbocycles. The summed E-state index contributed by atoms with van der Waals surface area (Å²) in [6.45, 7) is 4.39. The van der Waals surface area contributed by atoms with Gasteiger partial charge in [-0.05, 0) is 19.4 Å². The van der Waals surface area contributed by atoms with Crippen molar-refractivity contribution in [2.45, 2.75) is 12.8 Å². The number of hydrogen-bond donors (Lipinski definition) is 2. The normalized spacial score (nSPS) is 10.6. The van der Waals surface area contributed by atoms with Crippen LogP contribution in [0.5, 0.6) is 0 Å². The monoisotopic (exact) mass is 262 g/mol. The average Bonchev–Trinajstić information content (AvgIpc) is 2.38. The van der Waals surface area contributed by atoms with E-state index in [1.807, 2.05) is 0 Å². The number of nitrogens with one attached hydrogen (secondary N) is 2. The first-order valence-corrected chi connectivity index (χ1v) is 6.34. The van der Waals surface area contributed by atoms with E-state index in [1.165, 1.54) is 0 Å². The van der Waals surface area contributed by atoms with E-state index in [9.17, 15) is 4.79 Å². The van der Waals surface area contributed by atoms with Crippen LogP contribution in [0.3, 0.4) is 0 Å². The quantitative estimate of drug-likeness (QED) is 0.449. The van der Waals surface area contributed by atoms with Crippen LogP contribution in [-0.4, -0.2) is 66.2 Å². The lowest BCUT2D eigenvalue weighted by Gasteiger charge is -2.07. The molecule has 0 bridgehead atoms. The average molecular weight is 262 g/mol. The van der Waals surface area contributed by atoms with Gasteiger partial charge >= 0.3 is 0 Å². The molecule has 0 rings (SSSR count). The standard InChI is InChI=1S/C12H26N2O4/c1-16-7-4-6-14-12(15)11-13-5-3-8-18-10-9-17-2/h13H,3-11H2,1-2H3,(H,14,15). The molecule has 0 unspecified atom stereocenters. The number of amides is 1. The Kier molecular flexibility index (Phi) is 13.8. The van der Waals surface area contributed by atoms with Gasteiger partial charge in [-0.15, -0.1) is 0 Å². The number of methoxy groups -OCH3 is 2. The summed E-state index contributed by atoms with van der Waals surface area (Å²) in [5.41, 5.74) is 0. The Morgan fingerprint density at radius 3 is 2.39 bits per heavy atom. The molecule has 0 aromatic heterocycles. The molecule has 0 aliphatic heterocycles. The van der Waals surface area contributed by atoms with Gasteiger partial charge < -0.3 is 24.8 Å². The highest BCUT2D eigenvalue weighted by molar-refractivity contribution is 5.77. The molecule has 0 aliphatic carbocycles. The number of carbonyl (C=O) groups excluding carboxylic acids is 1. The Balaban J connectivity index is 3.10. The fraction of sp³-hybridized carbons (Fsp3) is 0.917. The Morgan fingerprint density at radius 2 is 1.67 bits per heavy atom. The maximum atomic E-state index is 11.3. The van der Waals surface area contributed by atoms with Crippen molar-refractivity contribution in [2.24, 2.45) is 0 Å². The van der Waals surface area contributed by atoms with Gasteiger partial charge in [-0.2, -0.15) is 0 Å². The predicted molar refractivity (Wildman–Crippen MR) is 69.7 cm³/mol. The zero-order valence-electron chi connectivity index (χ0n) is 11.5. The van der Waals surface area contributed by atoms with Crippen molar-refractivity contribution >= 4 is 5.91 Å². The lowest BCUT2D eigenvalue weighted by atomic mass is 10.4. The van der Waals surface area contributed by atoms with Crippen molar-refractivity contribution in [1.82, 2.24) is 10.6 Å². The maximum absolute atomic E-state index is 11.3. The smallest absolute Gasteiger partial charge is 0.233 e. The van der Waals surface area contributed by atoms with Crippen molar-refractivity contribution < 1.29 is 19.0 Å². The summed E-state index contributed by atoms with van der Waals surface area (Å²) in [7, 11) is 3.30. The van der Waals surface area contributed by atoms with Gasteiger partial charge in [0, 0.05) is 34.0 Å². The number of ether oxygens (including phenoxy) is 3. The van der Waals surface area contributed by atoms with Crippen molar-refractivity contribution in [1.29, 1.82) is 0 Å². The first-order valence-electron chi connectivity index (χ1n) is 6.34. The summed E-state index contributed by atoms with van der Waals surface area (Å²) in [4.78, 5) is 11.3. The van der Waals surface area contributed by atoms with E-state index < -0.39 is 0 Å². The minimum atomic E-state index is 0.0198. The van der Waals surface area contributed by atoms with Gasteiger partial charge in [-0.25, -0.2) is 0 Å². The van der Waals surface area contributed by atoms with Crippen LogP contribution in [0.25, 0.3) is 0 Å². The van der Waals surface area contributed by atoms with Crippen LogP contribution < -0.4 is 10.6 Å². The molecule has 2 N–H and O–H groups in total. The van der Waals surface area contributed by atoms with Gasteiger partial charge in [0.15, 0.2) is 0 Å². The van der Waals surface area contributed by atoms with Gasteiger partial charge in [-0.3, -0.25) is 4.79 Å². The van der Waals surface area contributed by atoms with Crippen LogP contribution in [0.2, 0.25) is 0 Å². The number of hydrogen-bond acceptors (Lipinski definition) is 5. The molecule has 0 radical (unpaired) electrons. The summed E-state index contributed by atoms with van der Waals surface area (Å²) in [5, 5.41) is 5.87. The third kappa shape index (κ3) is 13.4. The second-order valence-corrected chi connectivity index (χ2v) is 3.83. The van der Waals surface area contributed by atoms with Gasteiger partial charge in [0.1, 0.15) is 0 Å². The molecule has 0 aliphatic rings. The molecule has 6 heteroatoms. The molecular formula is C12H26N2O4. The molecular weight excluding hydrogens is 236 g/mol. The van der Waals surface area contributed by atoms with E-state index in [1.54, 1.807) is 14.2 Å². The van der Waals surface area contributed by atoms with Crippen LogP contribution in [-0.2, 0) is 19.0 Å². The van der Waals surface area contributed by atoms with Crippen molar-refractivity contribution in [3.63, 3.8) is 0 Å². The summed E-state index contributed by atoms with van der Waals surface area (Å²) >= 11 is 0. The molecule has 0 spiro atoms. The maximum Gasteiger partial charge on any atom is 0.233 e. The van der Waals surface area contributed by atoms with E-state index in [-0.39, 0.29) is 5.91 Å². The molecule has 0 atom stereocenters. The summed E-state index contributed by atoms with van der Waals surface area (Å²) < 4.78 is 15.0. The Hall–Kier alpha value is -0.690. The van der Waals surface area contributed by atoms with Crippen molar-refractivity contribution in [2.75, 3.05) is 60.3 Å². The van der Waals surface area contributed by atoms with E-state index in [0.717, 1.165) is 19.4 Å². The SMILES string of the molecule is COCCCNC(=O)CNCCCOCCOC. The first-order chi connectivity index (χ1) is 8.81. The molecule has 108 valence electrons. The van der Waals surface area contributed by atoms with E-state index in [2.05, 4.69) is 10.6 Å². The highest BCUT2D eigenvalue weighted by Crippen LogP contribution is 1.82. The molecule has 0 aromatic rings. The molecule has 0 fully saturated rings. The van der Waals surface area contributed by atoms with Crippen LogP contribution in [0.15, 0.2) is 0 Å². The first kappa shape index (κ1) is 17.3. The fourth-order valence-corrected chi connectivity index (χ4v) is 1.25. The summed E-state index contributed by atoms with van der Waals surface area (Å²) in [6, 6.07) is 0. The molecule has 0 heterocycles. The van der Waals surface area contributed by atoms with E-state index in [4.69, 9.17) is 14.2 Å². The molecule has 0 saturated carbocycles. The summed E-state index contributed by atoms with van der Waals surface area (Å²) in [5.74, 6) is 0.0198. The lowest BCUT2D eigenvalue weighted by Crippen LogP contribution is -2.35. The van der Waals surface area contributed by atoms with Crippen LogP contribution in [0.1, 0.15) is 12.8 Å². The number of carbonyl (C=O) groups is 1. The van der Waals surface area contributed by atoms with E-state index >= 15 is 0 Å². The van der Waals surface area contributed by atoms with Gasteiger partial charge in [0.05, 0.1) is 19.8 Å². The summed E-state index contributed by atoms with van der Waals surface area (Å²) in [6.07, 6.45) is 1.73. The molecule has 1 amide bonds. The topological polar surface area (TPSA) is 68.8 Å². The van der Waals surface area contributed by atoms with Gasteiger partial charge in [0.25, 0.3) is 0 Å². The largest absolute Gasteiger partial charge is 0.385 e. The lowest BCUT2D eigenvalue weighted by molar-refractivity contribution is -0.120. The van der Waals surface area contributed by atoms with Crippen LogP contribution in [0, 0.1) is 0 Å². The molecule has 0 saturated heterocycles. The second-order valence-electron chi connectivity index (χ2n) is 3.83. The van der Waals surface area contributed by atoms with Crippen LogP contribution >= 0.6 is 0 Å². The zero-order valence-corrected chi connectivity index (χ0v) is 11.5. The third-order valence-corrected chi connectivity index (χ3v) is 2.21. The minimum absolute atomic E-state index is 0.0198. The van der Waals surface area contributed by atoms with Gasteiger partial charge in [-0.1, -0.05) is 0 Å². The Labute approximate surface area is 109 Å². The van der Waals surface area contributed by atoms with Gasteiger partial charge in [0.2, 0.25) is 5.91 Å². The number of rotatable bonds is 13. The van der Waals surface area contributed by atoms with Crippen LogP contribution in [0.4, 0.5) is 0 Å². The highest BCUT2D eigenvalue weighted by Gasteiger charge is 1.98. The highest BCUT2D eigenvalue weighted by atomic mass is 16.5. The Bertz CT molecular complexity index is 191. The van der Waals surface area contributed by atoms with Crippen molar-refractivity contribution in [3.8, 4) is 0 Å². The minimum Gasteiger partial charge on any atom is -0.385 e. The Morgan fingerprint density at radius 1 is 0.944 bits per heavy atom. The molecule has 18 heavy (non-hydrogen) atoms. The van der Waals surface area contributed by atoms with E-state index in [0.29, 0.717) is 39.5 Å². The third-order valence-electron chi connectivity index (χ3n) is 2.21. The second kappa shape index (κ2) is 14.4. The fourth-order valence-electron chi connectivity index (χ4n) is 1.25.